The van der Waals surface area contributed by atoms with Gasteiger partial charge in [0.15, 0.2) is 5.69 Å². The van der Waals surface area contributed by atoms with E-state index in [9.17, 15) is 24.3 Å². The van der Waals surface area contributed by atoms with E-state index in [1.165, 1.54) is 17.2 Å². The summed E-state index contributed by atoms with van der Waals surface area (Å²) in [5.41, 5.74) is 0.739. The van der Waals surface area contributed by atoms with Gasteiger partial charge in [0.1, 0.15) is 24.2 Å². The van der Waals surface area contributed by atoms with Crippen LogP contribution in [-0.2, 0) is 25.5 Å². The van der Waals surface area contributed by atoms with Gasteiger partial charge in [-0.2, -0.15) is 0 Å². The molecule has 206 valence electrons. The number of aliphatic hydroxyl groups is 1. The molecule has 2 amide bonds. The van der Waals surface area contributed by atoms with Crippen molar-refractivity contribution < 1.29 is 33.4 Å². The van der Waals surface area contributed by atoms with E-state index in [1.54, 1.807) is 31.2 Å². The molecule has 2 aliphatic heterocycles. The second-order valence-corrected chi connectivity index (χ2v) is 10.2. The molecule has 1 aromatic heterocycles. The van der Waals surface area contributed by atoms with Crippen LogP contribution < -0.4 is 5.32 Å². The first-order chi connectivity index (χ1) is 18.0. The molecule has 0 saturated carbocycles. The zero-order valence-electron chi connectivity index (χ0n) is 22.4. The number of fused-ring (bicyclic) bond motifs is 3. The second-order valence-electron chi connectivity index (χ2n) is 10.2. The lowest BCUT2D eigenvalue weighted by atomic mass is 9.94. The average Bonchev–Trinajstić information content (AvgIpc) is 3.52. The molecule has 3 heterocycles. The predicted molar refractivity (Wildman–Crippen MR) is 139 cm³/mol. The van der Waals surface area contributed by atoms with Crippen LogP contribution in [0.25, 0.3) is 0 Å². The van der Waals surface area contributed by atoms with Crippen LogP contribution in [-0.4, -0.2) is 69.9 Å². The largest absolute Gasteiger partial charge is 0.460 e. The number of aliphatic hydroxyl groups excluding tert-OH is 1. The van der Waals surface area contributed by atoms with Crippen LogP contribution in [0, 0.1) is 11.8 Å². The van der Waals surface area contributed by atoms with E-state index in [2.05, 4.69) is 10.3 Å². The number of esters is 1. The number of nitrogens with zero attached hydrogens (tertiary/aromatic N) is 2. The Kier molecular flexibility index (Phi) is 10.2. The van der Waals surface area contributed by atoms with Gasteiger partial charge >= 0.3 is 5.97 Å². The standard InChI is InChI=1S/C28H37N3O7/c1-17(2)26-19(4)9-10-24(34)29-11-5-7-18(3)13-20(32)14-21(33)15-25-30-22(16-37-25)27(35)31-12-6-8-23(31)28(36)38-26/h5,7,9-10,13,16-17,19-20,23,26,32H,6,8,11-12,14-15H2,1-4H3,(H,29,34)/b7-5-,10-9-,18-13-/t19-,20-,23-,26-/m1/s1. The van der Waals surface area contributed by atoms with Crippen molar-refractivity contribution in [3.05, 3.63) is 53.8 Å². The molecule has 0 unspecified atom stereocenters. The molecule has 2 bridgehead atoms. The molecule has 0 radical (unpaired) electrons. The highest BCUT2D eigenvalue weighted by Crippen LogP contribution is 2.25. The van der Waals surface area contributed by atoms with E-state index in [-0.39, 0.29) is 54.5 Å². The Morgan fingerprint density at radius 1 is 1.18 bits per heavy atom. The number of carbonyl (C=O) groups excluding carboxylic acids is 4. The van der Waals surface area contributed by atoms with E-state index in [0.717, 1.165) is 5.57 Å². The van der Waals surface area contributed by atoms with E-state index < -0.39 is 30.1 Å². The predicted octanol–water partition coefficient (Wildman–Crippen LogP) is 2.53. The maximum Gasteiger partial charge on any atom is 0.329 e. The van der Waals surface area contributed by atoms with Crippen molar-refractivity contribution in [2.45, 2.75) is 71.6 Å². The summed E-state index contributed by atoms with van der Waals surface area (Å²) in [4.78, 5) is 56.6. The Labute approximate surface area is 222 Å². The number of cyclic esters (lactones) is 1. The highest BCUT2D eigenvalue weighted by atomic mass is 16.5. The molecule has 1 aromatic rings. The summed E-state index contributed by atoms with van der Waals surface area (Å²) < 4.78 is 11.2. The Morgan fingerprint density at radius 3 is 2.68 bits per heavy atom. The molecule has 1 fully saturated rings. The topological polar surface area (TPSA) is 139 Å². The summed E-state index contributed by atoms with van der Waals surface area (Å²) in [6.07, 6.45) is 8.62. The molecule has 10 heteroatoms. The zero-order chi connectivity index (χ0) is 27.8. The first kappa shape index (κ1) is 29.0. The number of hydrogen-bond acceptors (Lipinski definition) is 8. The Bertz CT molecular complexity index is 1120. The Balaban J connectivity index is 1.85. The van der Waals surface area contributed by atoms with E-state index >= 15 is 0 Å². The van der Waals surface area contributed by atoms with Crippen molar-refractivity contribution in [3.63, 3.8) is 0 Å². The lowest BCUT2D eigenvalue weighted by Crippen LogP contribution is -2.44. The molecule has 4 atom stereocenters. The number of amides is 2. The molecule has 0 aliphatic carbocycles. The van der Waals surface area contributed by atoms with Crippen molar-refractivity contribution >= 4 is 23.6 Å². The average molecular weight is 528 g/mol. The number of nitrogens with one attached hydrogen (secondary N) is 1. The fraction of sp³-hybridized carbons (Fsp3) is 0.536. The van der Waals surface area contributed by atoms with E-state index in [4.69, 9.17) is 9.15 Å². The number of ketones is 1. The maximum atomic E-state index is 13.2. The first-order valence-electron chi connectivity index (χ1n) is 13.0. The molecular formula is C28H37N3O7. The van der Waals surface area contributed by atoms with Gasteiger partial charge in [-0.05, 0) is 31.8 Å². The van der Waals surface area contributed by atoms with E-state index in [1.807, 2.05) is 20.8 Å². The lowest BCUT2D eigenvalue weighted by Gasteiger charge is -2.29. The minimum absolute atomic E-state index is 0.00930. The summed E-state index contributed by atoms with van der Waals surface area (Å²) in [7, 11) is 0. The number of carbonyl (C=O) groups is 4. The third-order valence-corrected chi connectivity index (χ3v) is 6.55. The van der Waals surface area contributed by atoms with Crippen molar-refractivity contribution in [3.8, 4) is 0 Å². The van der Waals surface area contributed by atoms with Crippen LogP contribution in [0.15, 0.2) is 46.6 Å². The number of aromatic nitrogens is 1. The van der Waals surface area contributed by atoms with Gasteiger partial charge in [-0.3, -0.25) is 14.4 Å². The molecule has 2 N–H and O–H groups in total. The number of Topliss-reactive ketones (excluding diaryl/α,β-unsaturated/α-hetero) is 1. The van der Waals surface area contributed by atoms with Crippen LogP contribution in [0.2, 0.25) is 0 Å². The Hall–Kier alpha value is -3.53. The molecule has 38 heavy (non-hydrogen) atoms. The van der Waals surface area contributed by atoms with Gasteiger partial charge in [0, 0.05) is 25.4 Å². The number of rotatable bonds is 1. The van der Waals surface area contributed by atoms with Gasteiger partial charge in [0.2, 0.25) is 11.8 Å². The fourth-order valence-corrected chi connectivity index (χ4v) is 4.66. The van der Waals surface area contributed by atoms with Crippen LogP contribution in [0.5, 0.6) is 0 Å². The normalized spacial score (nSPS) is 29.7. The smallest absolute Gasteiger partial charge is 0.329 e. The SMILES string of the molecule is CC1=C/[C@@H](O)CC(=O)Cc2nc(co2)C(=O)N2CCC[C@@H]2C(=O)O[C@H](C(C)C)[C@H](C)/C=C\C(=O)NC/C=C\1. The summed E-state index contributed by atoms with van der Waals surface area (Å²) >= 11 is 0. The van der Waals surface area contributed by atoms with Gasteiger partial charge in [-0.1, -0.05) is 50.6 Å². The highest BCUT2D eigenvalue weighted by Gasteiger charge is 2.38. The van der Waals surface area contributed by atoms with Crippen LogP contribution in [0.4, 0.5) is 0 Å². The third kappa shape index (κ3) is 7.98. The monoisotopic (exact) mass is 527 g/mol. The van der Waals surface area contributed by atoms with Crippen LogP contribution in [0.1, 0.15) is 63.3 Å². The summed E-state index contributed by atoms with van der Waals surface area (Å²) in [5.74, 6) is -1.76. The van der Waals surface area contributed by atoms with Gasteiger partial charge in [0.05, 0.1) is 12.5 Å². The molecule has 3 rings (SSSR count). The summed E-state index contributed by atoms with van der Waals surface area (Å²) in [6.45, 7) is 8.16. The van der Waals surface area contributed by atoms with Crippen molar-refractivity contribution in [1.82, 2.24) is 15.2 Å². The number of allylic oxidation sites excluding steroid dienone is 2. The van der Waals surface area contributed by atoms with Crippen molar-refractivity contribution in [2.75, 3.05) is 13.1 Å². The molecule has 0 aromatic carbocycles. The fourth-order valence-electron chi connectivity index (χ4n) is 4.66. The zero-order valence-corrected chi connectivity index (χ0v) is 22.4. The molecule has 2 aliphatic rings. The second kappa shape index (κ2) is 13.3. The van der Waals surface area contributed by atoms with Gasteiger partial charge in [-0.25, -0.2) is 9.78 Å². The van der Waals surface area contributed by atoms with Crippen LogP contribution >= 0.6 is 0 Å². The molecule has 10 nitrogen and oxygen atoms in total. The lowest BCUT2D eigenvalue weighted by molar-refractivity contribution is -0.158. The highest BCUT2D eigenvalue weighted by molar-refractivity contribution is 5.95. The third-order valence-electron chi connectivity index (χ3n) is 6.55. The number of hydrogen-bond donors (Lipinski definition) is 2. The molecular weight excluding hydrogens is 490 g/mol. The molecule has 0 spiro atoms. The maximum absolute atomic E-state index is 13.2. The molecule has 1 saturated heterocycles. The Morgan fingerprint density at radius 2 is 1.95 bits per heavy atom. The van der Waals surface area contributed by atoms with E-state index in [0.29, 0.717) is 19.4 Å². The summed E-state index contributed by atoms with van der Waals surface area (Å²) in [5, 5.41) is 13.0. The number of oxazole rings is 1. The first-order valence-corrected chi connectivity index (χ1v) is 13.0. The van der Waals surface area contributed by atoms with Crippen molar-refractivity contribution in [1.29, 1.82) is 0 Å². The van der Waals surface area contributed by atoms with Gasteiger partial charge < -0.3 is 24.5 Å². The van der Waals surface area contributed by atoms with Gasteiger partial charge in [-0.15, -0.1) is 0 Å². The summed E-state index contributed by atoms with van der Waals surface area (Å²) in [6, 6.07) is -0.761. The minimum Gasteiger partial charge on any atom is -0.460 e. The minimum atomic E-state index is -1.01. The number of ether oxygens (including phenoxy) is 1. The van der Waals surface area contributed by atoms with Crippen molar-refractivity contribution in [2.24, 2.45) is 11.8 Å². The van der Waals surface area contributed by atoms with Gasteiger partial charge in [0.25, 0.3) is 5.91 Å². The van der Waals surface area contributed by atoms with Crippen LogP contribution in [0.3, 0.4) is 0 Å². The quantitative estimate of drug-likeness (QED) is 0.531.